The standard InChI is InChI=1S/C28H27N5O3/c1-35-25-4-2-3-21(19-25)27(34)30-22-7-5-20(6-8-22)26-13-14-29-28(32-26)31-23-9-11-24(12-10-23)33-15-17-36-18-16-33/h2-14,19H,15-18H2,1H3,(H,30,34)(H,29,31,32). The molecule has 0 saturated carbocycles. The lowest BCUT2D eigenvalue weighted by atomic mass is 10.1. The van der Waals surface area contributed by atoms with Gasteiger partial charge in [-0.2, -0.15) is 0 Å². The van der Waals surface area contributed by atoms with Crippen LogP contribution in [0.3, 0.4) is 0 Å². The van der Waals surface area contributed by atoms with E-state index in [0.29, 0.717) is 22.9 Å². The molecule has 8 nitrogen and oxygen atoms in total. The third-order valence-electron chi connectivity index (χ3n) is 5.93. The maximum atomic E-state index is 12.6. The molecule has 1 fully saturated rings. The summed E-state index contributed by atoms with van der Waals surface area (Å²) in [5.41, 5.74) is 5.02. The summed E-state index contributed by atoms with van der Waals surface area (Å²) in [7, 11) is 1.58. The molecule has 182 valence electrons. The summed E-state index contributed by atoms with van der Waals surface area (Å²) in [6, 6.07) is 24.7. The Morgan fingerprint density at radius 2 is 1.69 bits per heavy atom. The predicted molar refractivity (Wildman–Crippen MR) is 141 cm³/mol. The average molecular weight is 482 g/mol. The van der Waals surface area contributed by atoms with Crippen LogP contribution in [-0.2, 0) is 4.74 Å². The second-order valence-corrected chi connectivity index (χ2v) is 8.30. The van der Waals surface area contributed by atoms with Crippen molar-refractivity contribution < 1.29 is 14.3 Å². The minimum atomic E-state index is -0.199. The van der Waals surface area contributed by atoms with Crippen LogP contribution < -0.4 is 20.3 Å². The number of ether oxygens (including phenoxy) is 2. The highest BCUT2D eigenvalue weighted by Gasteiger charge is 2.11. The fourth-order valence-corrected chi connectivity index (χ4v) is 3.98. The van der Waals surface area contributed by atoms with Crippen LogP contribution in [0.2, 0.25) is 0 Å². The molecule has 1 saturated heterocycles. The van der Waals surface area contributed by atoms with Crippen molar-refractivity contribution >= 4 is 28.9 Å². The van der Waals surface area contributed by atoms with E-state index < -0.39 is 0 Å². The summed E-state index contributed by atoms with van der Waals surface area (Å²) < 4.78 is 10.6. The minimum Gasteiger partial charge on any atom is -0.497 e. The first kappa shape index (κ1) is 23.3. The van der Waals surface area contributed by atoms with Crippen molar-refractivity contribution in [1.29, 1.82) is 0 Å². The molecule has 0 radical (unpaired) electrons. The number of methoxy groups -OCH3 is 1. The molecule has 8 heteroatoms. The molecule has 1 aromatic heterocycles. The molecule has 1 aliphatic rings. The number of carbonyl (C=O) groups is 1. The van der Waals surface area contributed by atoms with E-state index in [4.69, 9.17) is 9.47 Å². The number of morpholine rings is 1. The van der Waals surface area contributed by atoms with E-state index in [0.717, 1.165) is 43.2 Å². The first-order valence-corrected chi connectivity index (χ1v) is 11.8. The Kier molecular flexibility index (Phi) is 7.05. The van der Waals surface area contributed by atoms with E-state index >= 15 is 0 Å². The molecule has 1 aliphatic heterocycles. The van der Waals surface area contributed by atoms with Gasteiger partial charge in [0.2, 0.25) is 5.95 Å². The molecule has 0 bridgehead atoms. The summed E-state index contributed by atoms with van der Waals surface area (Å²) in [5.74, 6) is 0.955. The Balaban J connectivity index is 1.23. The quantitative estimate of drug-likeness (QED) is 0.385. The molecule has 5 rings (SSSR count). The Bertz CT molecular complexity index is 1320. The number of hydrogen-bond acceptors (Lipinski definition) is 7. The number of aromatic nitrogens is 2. The van der Waals surface area contributed by atoms with Gasteiger partial charge in [0.15, 0.2) is 0 Å². The molecule has 2 N–H and O–H groups in total. The van der Waals surface area contributed by atoms with Crippen LogP contribution >= 0.6 is 0 Å². The van der Waals surface area contributed by atoms with Gasteiger partial charge in [-0.1, -0.05) is 18.2 Å². The largest absolute Gasteiger partial charge is 0.497 e. The lowest BCUT2D eigenvalue weighted by Crippen LogP contribution is -2.36. The molecule has 36 heavy (non-hydrogen) atoms. The van der Waals surface area contributed by atoms with Crippen LogP contribution in [0, 0.1) is 0 Å². The number of hydrogen-bond donors (Lipinski definition) is 2. The van der Waals surface area contributed by atoms with Gasteiger partial charge in [0.1, 0.15) is 5.75 Å². The van der Waals surface area contributed by atoms with E-state index in [2.05, 4.69) is 37.6 Å². The Morgan fingerprint density at radius 1 is 0.944 bits per heavy atom. The minimum absolute atomic E-state index is 0.199. The highest BCUT2D eigenvalue weighted by Crippen LogP contribution is 2.24. The zero-order valence-corrected chi connectivity index (χ0v) is 20.0. The Hall–Kier alpha value is -4.43. The van der Waals surface area contributed by atoms with Gasteiger partial charge in [-0.25, -0.2) is 9.97 Å². The summed E-state index contributed by atoms with van der Waals surface area (Å²) in [5, 5.41) is 6.19. The Labute approximate surface area is 209 Å². The number of anilines is 4. The zero-order valence-electron chi connectivity index (χ0n) is 20.0. The van der Waals surface area contributed by atoms with Crippen molar-refractivity contribution in [2.45, 2.75) is 0 Å². The van der Waals surface area contributed by atoms with Gasteiger partial charge in [0.25, 0.3) is 5.91 Å². The van der Waals surface area contributed by atoms with Gasteiger partial charge in [-0.15, -0.1) is 0 Å². The first-order valence-electron chi connectivity index (χ1n) is 11.8. The van der Waals surface area contributed by atoms with Gasteiger partial charge in [-0.3, -0.25) is 4.79 Å². The van der Waals surface area contributed by atoms with Crippen LogP contribution in [0.4, 0.5) is 23.0 Å². The number of benzene rings is 3. The summed E-state index contributed by atoms with van der Waals surface area (Å²) in [4.78, 5) is 23.9. The van der Waals surface area contributed by atoms with Gasteiger partial charge in [0.05, 0.1) is 26.0 Å². The van der Waals surface area contributed by atoms with E-state index in [9.17, 15) is 4.79 Å². The second-order valence-electron chi connectivity index (χ2n) is 8.30. The molecule has 2 heterocycles. The maximum absolute atomic E-state index is 12.6. The van der Waals surface area contributed by atoms with Crippen molar-refractivity contribution in [3.63, 3.8) is 0 Å². The Morgan fingerprint density at radius 3 is 2.44 bits per heavy atom. The molecule has 1 amide bonds. The van der Waals surface area contributed by atoms with E-state index in [-0.39, 0.29) is 5.91 Å². The third kappa shape index (κ3) is 5.61. The topological polar surface area (TPSA) is 88.6 Å². The van der Waals surface area contributed by atoms with Crippen LogP contribution in [0.25, 0.3) is 11.3 Å². The van der Waals surface area contributed by atoms with Crippen LogP contribution in [0.5, 0.6) is 5.75 Å². The lowest BCUT2D eigenvalue weighted by Gasteiger charge is -2.28. The van der Waals surface area contributed by atoms with Crippen LogP contribution in [0.15, 0.2) is 85.1 Å². The fraction of sp³-hybridized carbons (Fsp3) is 0.179. The van der Waals surface area contributed by atoms with Gasteiger partial charge < -0.3 is 25.0 Å². The van der Waals surface area contributed by atoms with Crippen LogP contribution in [0.1, 0.15) is 10.4 Å². The molecule has 4 aromatic rings. The van der Waals surface area contributed by atoms with E-state index in [1.165, 1.54) is 5.69 Å². The van der Waals surface area contributed by atoms with Crippen molar-refractivity contribution in [1.82, 2.24) is 9.97 Å². The molecule has 0 atom stereocenters. The smallest absolute Gasteiger partial charge is 0.255 e. The van der Waals surface area contributed by atoms with E-state index in [1.54, 1.807) is 37.6 Å². The van der Waals surface area contributed by atoms with Gasteiger partial charge in [0, 0.05) is 47.5 Å². The highest BCUT2D eigenvalue weighted by molar-refractivity contribution is 6.04. The van der Waals surface area contributed by atoms with E-state index in [1.807, 2.05) is 42.5 Å². The maximum Gasteiger partial charge on any atom is 0.255 e. The number of rotatable bonds is 7. The van der Waals surface area contributed by atoms with Crippen molar-refractivity contribution in [2.24, 2.45) is 0 Å². The highest BCUT2D eigenvalue weighted by atomic mass is 16.5. The molecule has 0 unspecified atom stereocenters. The molecular formula is C28H27N5O3. The van der Waals surface area contributed by atoms with Crippen molar-refractivity contribution in [2.75, 3.05) is 48.9 Å². The summed E-state index contributed by atoms with van der Waals surface area (Å²) in [6.07, 6.45) is 1.73. The lowest BCUT2D eigenvalue weighted by molar-refractivity contribution is 0.102. The number of nitrogens with zero attached hydrogens (tertiary/aromatic N) is 3. The van der Waals surface area contributed by atoms with Crippen molar-refractivity contribution in [3.8, 4) is 17.0 Å². The van der Waals surface area contributed by atoms with Crippen LogP contribution in [-0.4, -0.2) is 49.3 Å². The zero-order chi connectivity index (χ0) is 24.7. The third-order valence-corrected chi connectivity index (χ3v) is 5.93. The SMILES string of the molecule is COc1cccc(C(=O)Nc2ccc(-c3ccnc(Nc4ccc(N5CCOCC5)cc4)n3)cc2)c1. The fourth-order valence-electron chi connectivity index (χ4n) is 3.98. The van der Waals surface area contributed by atoms with Gasteiger partial charge >= 0.3 is 0 Å². The molecule has 0 aliphatic carbocycles. The normalized spacial score (nSPS) is 13.2. The number of carbonyl (C=O) groups excluding carboxylic acids is 1. The molecule has 3 aromatic carbocycles. The summed E-state index contributed by atoms with van der Waals surface area (Å²) >= 11 is 0. The second kappa shape index (κ2) is 10.9. The number of nitrogens with one attached hydrogen (secondary N) is 2. The summed E-state index contributed by atoms with van der Waals surface area (Å²) in [6.45, 7) is 3.33. The van der Waals surface area contributed by atoms with Gasteiger partial charge in [-0.05, 0) is 60.7 Å². The molecule has 0 spiro atoms. The first-order chi connectivity index (χ1) is 17.7. The molecular weight excluding hydrogens is 454 g/mol. The monoisotopic (exact) mass is 481 g/mol. The number of amides is 1. The predicted octanol–water partition coefficient (Wildman–Crippen LogP) is 4.98. The average Bonchev–Trinajstić information content (AvgIpc) is 2.94. The van der Waals surface area contributed by atoms with Crippen molar-refractivity contribution in [3.05, 3.63) is 90.6 Å².